The lowest BCUT2D eigenvalue weighted by Gasteiger charge is -2.30. The monoisotopic (exact) mass is 357 g/mol. The van der Waals surface area contributed by atoms with Gasteiger partial charge in [-0.3, -0.25) is 14.5 Å². The Labute approximate surface area is 152 Å². The van der Waals surface area contributed by atoms with Crippen LogP contribution in [-0.2, 0) is 16.0 Å². The van der Waals surface area contributed by atoms with Crippen LogP contribution in [0.5, 0.6) is 5.75 Å². The molecule has 0 bridgehead atoms. The molecule has 1 spiro atoms. The van der Waals surface area contributed by atoms with E-state index in [9.17, 15) is 14.4 Å². The number of carbonyl (C=O) groups excluding carboxylic acids is 3. The molecule has 7 nitrogen and oxygen atoms in total. The summed E-state index contributed by atoms with van der Waals surface area (Å²) in [5, 5.41) is 5.60. The van der Waals surface area contributed by atoms with Gasteiger partial charge in [0.1, 0.15) is 23.9 Å². The van der Waals surface area contributed by atoms with Gasteiger partial charge in [0.2, 0.25) is 5.91 Å². The second-order valence-electron chi connectivity index (χ2n) is 7.32. The zero-order valence-corrected chi connectivity index (χ0v) is 14.6. The second-order valence-corrected chi connectivity index (χ2v) is 7.32. The van der Waals surface area contributed by atoms with Crippen molar-refractivity contribution in [2.45, 2.75) is 50.2 Å². The molecule has 4 amide bonds. The number of imide groups is 1. The number of nitrogens with zero attached hydrogens (tertiary/aromatic N) is 1. The number of carbonyl (C=O) groups is 3. The van der Waals surface area contributed by atoms with Gasteiger partial charge >= 0.3 is 6.03 Å². The smallest absolute Gasteiger partial charge is 0.325 e. The fourth-order valence-electron chi connectivity index (χ4n) is 4.11. The molecule has 2 N–H and O–H groups in total. The van der Waals surface area contributed by atoms with Crippen molar-refractivity contribution in [2.75, 3.05) is 13.1 Å². The first kappa shape index (κ1) is 16.9. The molecule has 1 atom stereocenters. The molecule has 2 aliphatic heterocycles. The quantitative estimate of drug-likeness (QED) is 0.797. The molecule has 26 heavy (non-hydrogen) atoms. The molecule has 1 aromatic carbocycles. The highest BCUT2D eigenvalue weighted by Gasteiger charge is 2.51. The Morgan fingerprint density at radius 3 is 2.77 bits per heavy atom. The fraction of sp³-hybridized carbons (Fsp3) is 0.526. The lowest BCUT2D eigenvalue weighted by atomic mass is 9.82. The van der Waals surface area contributed by atoms with E-state index in [-0.39, 0.29) is 24.5 Å². The minimum absolute atomic E-state index is 0.121. The first-order valence-corrected chi connectivity index (χ1v) is 9.23. The number of para-hydroxylation sites is 1. The van der Waals surface area contributed by atoms with Gasteiger partial charge < -0.3 is 15.4 Å². The third kappa shape index (κ3) is 3.02. The number of amides is 4. The minimum Gasteiger partial charge on any atom is -0.488 e. The van der Waals surface area contributed by atoms with Crippen LogP contribution in [0.1, 0.15) is 37.7 Å². The minimum atomic E-state index is -0.786. The molecule has 2 fully saturated rings. The fourth-order valence-corrected chi connectivity index (χ4v) is 4.11. The number of fused-ring (bicyclic) bond motifs is 1. The topological polar surface area (TPSA) is 87.7 Å². The normalized spacial score (nSPS) is 23.5. The van der Waals surface area contributed by atoms with Gasteiger partial charge in [-0.2, -0.15) is 0 Å². The van der Waals surface area contributed by atoms with Crippen LogP contribution in [0.3, 0.4) is 0 Å². The van der Waals surface area contributed by atoms with Gasteiger partial charge in [-0.1, -0.05) is 37.5 Å². The molecule has 1 aromatic rings. The van der Waals surface area contributed by atoms with Gasteiger partial charge in [-0.05, 0) is 24.5 Å². The number of benzene rings is 1. The summed E-state index contributed by atoms with van der Waals surface area (Å²) in [5.41, 5.74) is 0.339. The molecule has 1 unspecified atom stereocenters. The number of hydrogen-bond donors (Lipinski definition) is 2. The maximum absolute atomic E-state index is 12.7. The van der Waals surface area contributed by atoms with E-state index in [2.05, 4.69) is 10.6 Å². The Hall–Kier alpha value is -2.57. The summed E-state index contributed by atoms with van der Waals surface area (Å²) < 4.78 is 5.79. The van der Waals surface area contributed by atoms with Crippen LogP contribution in [0.15, 0.2) is 24.3 Å². The van der Waals surface area contributed by atoms with Crippen LogP contribution in [0.25, 0.3) is 0 Å². The summed E-state index contributed by atoms with van der Waals surface area (Å²) in [6, 6.07) is 7.33. The van der Waals surface area contributed by atoms with Crippen LogP contribution >= 0.6 is 0 Å². The Bertz CT molecular complexity index is 717. The summed E-state index contributed by atoms with van der Waals surface area (Å²) in [5.74, 6) is 0.239. The van der Waals surface area contributed by atoms with E-state index in [1.807, 2.05) is 24.3 Å². The van der Waals surface area contributed by atoms with Crippen LogP contribution < -0.4 is 15.4 Å². The zero-order valence-electron chi connectivity index (χ0n) is 14.6. The lowest BCUT2D eigenvalue weighted by molar-refractivity contribution is -0.135. The van der Waals surface area contributed by atoms with Gasteiger partial charge in [0.15, 0.2) is 0 Å². The predicted octanol–water partition coefficient (Wildman–Crippen LogP) is 1.36. The standard InChI is InChI=1S/C19H23N3O4/c23-16(20-11-14-10-13-6-2-3-7-15(13)26-14)12-22-17(24)19(21-18(22)25)8-4-1-5-9-19/h2-3,6-7,14H,1,4-5,8-12H2,(H,20,23)(H,21,25). The average molecular weight is 357 g/mol. The van der Waals surface area contributed by atoms with Crippen LogP contribution in [-0.4, -0.2) is 47.5 Å². The summed E-state index contributed by atoms with van der Waals surface area (Å²) >= 11 is 0. The van der Waals surface area contributed by atoms with E-state index in [1.54, 1.807) is 0 Å². The summed E-state index contributed by atoms with van der Waals surface area (Å²) in [7, 11) is 0. The Balaban J connectivity index is 1.30. The van der Waals surface area contributed by atoms with Gasteiger partial charge in [0.25, 0.3) is 5.91 Å². The van der Waals surface area contributed by atoms with E-state index >= 15 is 0 Å². The maximum Gasteiger partial charge on any atom is 0.325 e. The number of hydrogen-bond acceptors (Lipinski definition) is 4. The largest absolute Gasteiger partial charge is 0.488 e. The highest BCUT2D eigenvalue weighted by molar-refractivity contribution is 6.09. The summed E-state index contributed by atoms with van der Waals surface area (Å²) in [6.45, 7) is 0.106. The van der Waals surface area contributed by atoms with Gasteiger partial charge in [0.05, 0.1) is 6.54 Å². The molecule has 7 heteroatoms. The molecule has 0 radical (unpaired) electrons. The van der Waals surface area contributed by atoms with Crippen molar-refractivity contribution in [3.05, 3.63) is 29.8 Å². The summed E-state index contributed by atoms with van der Waals surface area (Å²) in [6.07, 6.45) is 4.85. The molecule has 138 valence electrons. The van der Waals surface area contributed by atoms with Crippen LogP contribution in [0, 0.1) is 0 Å². The third-order valence-electron chi connectivity index (χ3n) is 5.50. The highest BCUT2D eigenvalue weighted by Crippen LogP contribution is 2.33. The maximum atomic E-state index is 12.7. The highest BCUT2D eigenvalue weighted by atomic mass is 16.5. The zero-order chi connectivity index (χ0) is 18.1. The van der Waals surface area contributed by atoms with Gasteiger partial charge in [0, 0.05) is 6.42 Å². The SMILES string of the molecule is O=C(CN1C(=O)NC2(CCCCC2)C1=O)NCC1Cc2ccccc2O1. The first-order valence-electron chi connectivity index (χ1n) is 9.23. The van der Waals surface area contributed by atoms with E-state index in [0.717, 1.165) is 41.9 Å². The molecule has 1 saturated heterocycles. The van der Waals surface area contributed by atoms with Crippen molar-refractivity contribution < 1.29 is 19.1 Å². The third-order valence-corrected chi connectivity index (χ3v) is 5.50. The number of urea groups is 1. The lowest BCUT2D eigenvalue weighted by Crippen LogP contribution is -2.49. The molecule has 0 aromatic heterocycles. The average Bonchev–Trinajstić information content (AvgIpc) is 3.15. The molecule has 4 rings (SSSR count). The van der Waals surface area contributed by atoms with E-state index in [1.165, 1.54) is 0 Å². The first-order chi connectivity index (χ1) is 12.6. The van der Waals surface area contributed by atoms with Crippen LogP contribution in [0.2, 0.25) is 0 Å². The van der Waals surface area contributed by atoms with Crippen molar-refractivity contribution in [3.8, 4) is 5.75 Å². The number of ether oxygens (including phenoxy) is 1. The van der Waals surface area contributed by atoms with E-state index in [4.69, 9.17) is 4.74 Å². The molecule has 1 saturated carbocycles. The molecule has 3 aliphatic rings. The number of rotatable bonds is 4. The van der Waals surface area contributed by atoms with Crippen molar-refractivity contribution in [1.29, 1.82) is 0 Å². The Morgan fingerprint density at radius 2 is 2.00 bits per heavy atom. The van der Waals surface area contributed by atoms with Crippen molar-refractivity contribution in [1.82, 2.24) is 15.5 Å². The van der Waals surface area contributed by atoms with Crippen LogP contribution in [0.4, 0.5) is 4.79 Å². The molecule has 1 aliphatic carbocycles. The van der Waals surface area contributed by atoms with Gasteiger partial charge in [-0.15, -0.1) is 0 Å². The Morgan fingerprint density at radius 1 is 1.23 bits per heavy atom. The predicted molar refractivity (Wildman–Crippen MR) is 93.6 cm³/mol. The number of nitrogens with one attached hydrogen (secondary N) is 2. The van der Waals surface area contributed by atoms with Crippen molar-refractivity contribution in [2.24, 2.45) is 0 Å². The molecular weight excluding hydrogens is 334 g/mol. The van der Waals surface area contributed by atoms with Crippen molar-refractivity contribution in [3.63, 3.8) is 0 Å². The summed E-state index contributed by atoms with van der Waals surface area (Å²) in [4.78, 5) is 38.2. The van der Waals surface area contributed by atoms with Crippen molar-refractivity contribution >= 4 is 17.8 Å². The molecule has 2 heterocycles. The Kier molecular flexibility index (Phi) is 4.30. The molecular formula is C19H23N3O4. The van der Waals surface area contributed by atoms with E-state index in [0.29, 0.717) is 19.4 Å². The van der Waals surface area contributed by atoms with E-state index < -0.39 is 11.6 Å². The second kappa shape index (κ2) is 6.63. The van der Waals surface area contributed by atoms with Gasteiger partial charge in [-0.25, -0.2) is 4.79 Å².